The molecule has 0 aromatic carbocycles. The number of nitrogens with zero attached hydrogens (tertiary/aromatic N) is 1. The molecule has 0 fully saturated rings. The molecule has 0 aliphatic heterocycles. The fourth-order valence-electron chi connectivity index (χ4n) is 2.64. The monoisotopic (exact) mass is 349 g/mol. The van der Waals surface area contributed by atoms with Crippen LogP contribution in [0.3, 0.4) is 0 Å². The summed E-state index contributed by atoms with van der Waals surface area (Å²) in [7, 11) is 0. The quantitative estimate of drug-likeness (QED) is 0.461. The first-order valence-electron chi connectivity index (χ1n) is 8.09. The Bertz CT molecular complexity index is 135. The molecule has 0 aromatic heterocycles. The minimum absolute atomic E-state index is 0. The van der Waals surface area contributed by atoms with Gasteiger partial charge >= 0.3 is 0 Å². The molecule has 0 saturated carbocycles. The lowest BCUT2D eigenvalue weighted by molar-refractivity contribution is -0.929. The van der Waals surface area contributed by atoms with Crippen molar-refractivity contribution in [3.05, 3.63) is 0 Å². The Morgan fingerprint density at radius 1 is 0.435 bits per heavy atom. The van der Waals surface area contributed by atoms with E-state index in [2.05, 4.69) is 27.7 Å². The molecule has 0 radical (unpaired) electrons. The molecule has 0 aromatic rings. The summed E-state index contributed by atoms with van der Waals surface area (Å²) in [5.41, 5.74) is 0. The summed E-state index contributed by atoms with van der Waals surface area (Å²) in [6.45, 7) is 15.0. The summed E-state index contributed by atoms with van der Waals surface area (Å²) in [5.74, 6) is 0. The van der Waals surface area contributed by atoms with E-state index in [0.717, 1.165) is 0 Å². The zero-order chi connectivity index (χ0) is 13.0. The van der Waals surface area contributed by atoms with Crippen LogP contribution in [0.25, 0.3) is 0 Å². The Labute approximate surface area is 143 Å². The second-order valence-corrected chi connectivity index (χ2v) is 5.65. The molecule has 7 nitrogen and oxygen atoms in total. The Hall–Kier alpha value is -0.280. The highest BCUT2D eigenvalue weighted by Gasteiger charge is 2.24. The van der Waals surface area contributed by atoms with Gasteiger partial charge in [0.05, 0.1) is 26.2 Å². The van der Waals surface area contributed by atoms with E-state index in [9.17, 15) is 0 Å². The lowest BCUT2D eigenvalue weighted by Crippen LogP contribution is -2.50. The Balaban J connectivity index is -0.0000000853. The first-order valence-corrected chi connectivity index (χ1v) is 8.09. The van der Waals surface area contributed by atoms with Crippen molar-refractivity contribution < 1.29 is 37.3 Å². The van der Waals surface area contributed by atoms with Gasteiger partial charge in [-0.1, -0.05) is 53.4 Å². The SMILES string of the molecule is CCCC[N+](CCCC)(CCCC)CCCC.O.O.O.O.O.[OH-]. The van der Waals surface area contributed by atoms with Gasteiger partial charge in [0.1, 0.15) is 0 Å². The van der Waals surface area contributed by atoms with Gasteiger partial charge in [-0.2, -0.15) is 0 Å². The molecule has 11 N–H and O–H groups in total. The van der Waals surface area contributed by atoms with E-state index in [4.69, 9.17) is 0 Å². The van der Waals surface area contributed by atoms with Crippen LogP contribution in [0.2, 0.25) is 0 Å². The lowest BCUT2D eigenvalue weighted by atomic mass is 10.1. The van der Waals surface area contributed by atoms with Crippen molar-refractivity contribution >= 4 is 0 Å². The van der Waals surface area contributed by atoms with E-state index in [1.165, 1.54) is 82.0 Å². The third-order valence-corrected chi connectivity index (χ3v) is 3.94. The van der Waals surface area contributed by atoms with Crippen LogP contribution in [0, 0.1) is 0 Å². The highest BCUT2D eigenvalue weighted by Crippen LogP contribution is 2.16. The van der Waals surface area contributed by atoms with Crippen molar-refractivity contribution in [1.82, 2.24) is 0 Å². The van der Waals surface area contributed by atoms with Crippen LogP contribution in [0.5, 0.6) is 0 Å². The van der Waals surface area contributed by atoms with Crippen LogP contribution in [0.4, 0.5) is 0 Å². The van der Waals surface area contributed by atoms with Gasteiger partial charge in [0.15, 0.2) is 0 Å². The van der Waals surface area contributed by atoms with Gasteiger partial charge in [0, 0.05) is 0 Å². The maximum Gasteiger partial charge on any atom is 0.0786 e. The maximum absolute atomic E-state index is 2.33. The highest BCUT2D eigenvalue weighted by atomic mass is 16.0. The molecule has 0 aliphatic rings. The minimum atomic E-state index is 0. The molecule has 0 heterocycles. The summed E-state index contributed by atoms with van der Waals surface area (Å²) in [6, 6.07) is 0. The third kappa shape index (κ3) is 21.7. The Morgan fingerprint density at radius 2 is 0.609 bits per heavy atom. The third-order valence-electron chi connectivity index (χ3n) is 3.94. The van der Waals surface area contributed by atoms with Crippen molar-refractivity contribution in [2.24, 2.45) is 0 Å². The van der Waals surface area contributed by atoms with E-state index in [0.29, 0.717) is 0 Å². The molecule has 0 aliphatic carbocycles. The molecule has 0 amide bonds. The fourth-order valence-corrected chi connectivity index (χ4v) is 2.64. The van der Waals surface area contributed by atoms with Gasteiger partial charge in [0.25, 0.3) is 0 Å². The van der Waals surface area contributed by atoms with Crippen molar-refractivity contribution in [1.29, 1.82) is 0 Å². The van der Waals surface area contributed by atoms with Gasteiger partial charge in [-0.05, 0) is 25.7 Å². The van der Waals surface area contributed by atoms with Gasteiger partial charge < -0.3 is 37.3 Å². The highest BCUT2D eigenvalue weighted by molar-refractivity contribution is 4.49. The first kappa shape index (κ1) is 43.4. The second-order valence-electron chi connectivity index (χ2n) is 5.65. The van der Waals surface area contributed by atoms with Crippen LogP contribution in [-0.2, 0) is 0 Å². The van der Waals surface area contributed by atoms with E-state index in [1.807, 2.05) is 0 Å². The summed E-state index contributed by atoms with van der Waals surface area (Å²) in [5, 5.41) is 0. The zero-order valence-corrected chi connectivity index (χ0v) is 15.9. The number of hydrogen-bond acceptors (Lipinski definition) is 1. The average Bonchev–Trinajstić information content (AvgIpc) is 2.37. The van der Waals surface area contributed by atoms with Crippen molar-refractivity contribution in [2.45, 2.75) is 79.1 Å². The summed E-state index contributed by atoms with van der Waals surface area (Å²) < 4.78 is 1.42. The van der Waals surface area contributed by atoms with Gasteiger partial charge in [-0.25, -0.2) is 0 Å². The van der Waals surface area contributed by atoms with Crippen LogP contribution in [-0.4, -0.2) is 63.5 Å². The molecular weight excluding hydrogens is 302 g/mol. The van der Waals surface area contributed by atoms with Crippen LogP contribution in [0.15, 0.2) is 0 Å². The molecular formula is C16H47NO6. The minimum Gasteiger partial charge on any atom is -0.870 e. The van der Waals surface area contributed by atoms with Crippen molar-refractivity contribution in [2.75, 3.05) is 26.2 Å². The number of unbranched alkanes of at least 4 members (excludes halogenated alkanes) is 4. The maximum atomic E-state index is 2.33. The normalized spacial score (nSPS) is 8.87. The molecule has 23 heavy (non-hydrogen) atoms. The van der Waals surface area contributed by atoms with Gasteiger partial charge in [-0.3, -0.25) is 0 Å². The van der Waals surface area contributed by atoms with E-state index in [1.54, 1.807) is 0 Å². The molecule has 0 spiro atoms. The van der Waals surface area contributed by atoms with E-state index >= 15 is 0 Å². The second kappa shape index (κ2) is 29.7. The average molecular weight is 350 g/mol. The van der Waals surface area contributed by atoms with Crippen molar-refractivity contribution in [3.63, 3.8) is 0 Å². The van der Waals surface area contributed by atoms with Crippen LogP contribution < -0.4 is 0 Å². The summed E-state index contributed by atoms with van der Waals surface area (Å²) in [4.78, 5) is 0. The lowest BCUT2D eigenvalue weighted by Gasteiger charge is -2.39. The number of rotatable bonds is 12. The number of hydrogen-bond donors (Lipinski definition) is 0. The standard InChI is InChI=1S/C16H36N.6H2O/c1-5-9-13-17(14-10-6-2,15-11-7-3)16-12-8-4;;;;;;/h5-16H2,1-4H3;6*1H2/q+1;;;;;;/p-1. The Kier molecular flexibility index (Phi) is 56.0. The van der Waals surface area contributed by atoms with Gasteiger partial charge in [-0.15, -0.1) is 0 Å². The molecule has 0 rings (SSSR count). The van der Waals surface area contributed by atoms with Crippen LogP contribution >= 0.6 is 0 Å². The summed E-state index contributed by atoms with van der Waals surface area (Å²) >= 11 is 0. The molecule has 0 atom stereocenters. The van der Waals surface area contributed by atoms with Crippen LogP contribution in [0.1, 0.15) is 79.1 Å². The Morgan fingerprint density at radius 3 is 0.739 bits per heavy atom. The van der Waals surface area contributed by atoms with E-state index < -0.39 is 0 Å². The molecule has 0 unspecified atom stereocenters. The first-order chi connectivity index (χ1) is 8.24. The van der Waals surface area contributed by atoms with E-state index in [-0.39, 0.29) is 32.9 Å². The molecule has 0 bridgehead atoms. The molecule has 0 saturated heterocycles. The topological polar surface area (TPSA) is 188 Å². The predicted molar refractivity (Wildman–Crippen MR) is 99.4 cm³/mol. The fraction of sp³-hybridized carbons (Fsp3) is 1.00. The predicted octanol–water partition coefficient (Wildman–Crippen LogP) is 0.703. The zero-order valence-electron chi connectivity index (χ0n) is 15.9. The van der Waals surface area contributed by atoms with Gasteiger partial charge in [0.2, 0.25) is 0 Å². The molecule has 152 valence electrons. The van der Waals surface area contributed by atoms with Crippen molar-refractivity contribution in [3.8, 4) is 0 Å². The molecule has 7 heteroatoms. The smallest absolute Gasteiger partial charge is 0.0786 e. The number of quaternary nitrogens is 1. The summed E-state index contributed by atoms with van der Waals surface area (Å²) in [6.07, 6.45) is 11.1. The largest absolute Gasteiger partial charge is 0.870 e.